The Bertz CT molecular complexity index is 598. The van der Waals surface area contributed by atoms with Gasteiger partial charge >= 0.3 is 0 Å². The fourth-order valence-electron chi connectivity index (χ4n) is 2.77. The summed E-state index contributed by atoms with van der Waals surface area (Å²) in [6.45, 7) is 1.59. The van der Waals surface area contributed by atoms with Gasteiger partial charge in [0.05, 0.1) is 0 Å². The molecule has 1 N–H and O–H groups in total. The Hall–Kier alpha value is -1.48. The minimum atomic E-state index is -0.279. The summed E-state index contributed by atoms with van der Waals surface area (Å²) in [5.74, 6) is 0.244. The number of hydrogen-bond acceptors (Lipinski definition) is 1. The van der Waals surface area contributed by atoms with Gasteiger partial charge in [0, 0.05) is 23.6 Å². The topological polar surface area (TPSA) is 25.2 Å². The third kappa shape index (κ3) is 1.54. The molecule has 1 unspecified atom stereocenters. The molecule has 1 aliphatic carbocycles. The maximum atomic E-state index is 9.72. The lowest BCUT2D eigenvalue weighted by atomic mass is 9.56. The molecule has 3 heteroatoms. The summed E-state index contributed by atoms with van der Waals surface area (Å²) in [5, 5.41) is 11.0. The summed E-state index contributed by atoms with van der Waals surface area (Å²) in [6, 6.07) is 8.48. The van der Waals surface area contributed by atoms with Gasteiger partial charge < -0.3 is 9.59 Å². The second-order valence-electron chi connectivity index (χ2n) is 4.91. The SMILES string of the molecule is CB(O)C1C=Cc2c(c3ccccc3n2C)C1. The number of hydrogen-bond donors (Lipinski definition) is 1. The number of rotatable bonds is 1. The fraction of sp³-hybridized carbons (Fsp3) is 0.286. The Morgan fingerprint density at radius 2 is 2.12 bits per heavy atom. The number of para-hydroxylation sites is 1. The summed E-state index contributed by atoms with van der Waals surface area (Å²) in [4.78, 5) is 0. The largest absolute Gasteiger partial charge is 0.450 e. The first-order chi connectivity index (χ1) is 8.18. The van der Waals surface area contributed by atoms with E-state index in [1.54, 1.807) is 0 Å². The highest BCUT2D eigenvalue weighted by Gasteiger charge is 2.24. The molecular weight excluding hydrogens is 209 g/mol. The second kappa shape index (κ2) is 3.78. The average Bonchev–Trinajstić information content (AvgIpc) is 2.64. The first kappa shape index (κ1) is 10.7. The highest BCUT2D eigenvalue weighted by Crippen LogP contribution is 2.34. The van der Waals surface area contributed by atoms with E-state index in [9.17, 15) is 5.02 Å². The molecule has 3 rings (SSSR count). The third-order valence-corrected chi connectivity index (χ3v) is 3.82. The van der Waals surface area contributed by atoms with Crippen LogP contribution in [0.15, 0.2) is 30.3 Å². The van der Waals surface area contributed by atoms with Crippen LogP contribution in [0.1, 0.15) is 11.3 Å². The van der Waals surface area contributed by atoms with Crippen LogP contribution >= 0.6 is 0 Å². The third-order valence-electron chi connectivity index (χ3n) is 3.82. The lowest BCUT2D eigenvalue weighted by Gasteiger charge is -2.18. The van der Waals surface area contributed by atoms with Crippen molar-refractivity contribution in [3.8, 4) is 0 Å². The summed E-state index contributed by atoms with van der Waals surface area (Å²) in [6.07, 6.45) is 5.22. The molecule has 0 radical (unpaired) electrons. The van der Waals surface area contributed by atoms with Crippen LogP contribution in [0.3, 0.4) is 0 Å². The van der Waals surface area contributed by atoms with Gasteiger partial charge in [-0.3, -0.25) is 0 Å². The molecule has 0 saturated carbocycles. The summed E-state index contributed by atoms with van der Waals surface area (Å²) in [5.41, 5.74) is 3.92. The van der Waals surface area contributed by atoms with Gasteiger partial charge in [-0.1, -0.05) is 31.1 Å². The predicted octanol–water partition coefficient (Wildman–Crippen LogP) is 2.73. The van der Waals surface area contributed by atoms with Crippen molar-refractivity contribution >= 4 is 23.9 Å². The number of aromatic nitrogens is 1. The lowest BCUT2D eigenvalue weighted by Crippen LogP contribution is -2.18. The lowest BCUT2D eigenvalue weighted by molar-refractivity contribution is 0.562. The normalized spacial score (nSPS) is 18.4. The van der Waals surface area contributed by atoms with E-state index < -0.39 is 0 Å². The first-order valence-corrected chi connectivity index (χ1v) is 6.11. The molecular formula is C14H16BNO. The van der Waals surface area contributed by atoms with Crippen molar-refractivity contribution in [2.45, 2.75) is 19.1 Å². The summed E-state index contributed by atoms with van der Waals surface area (Å²) < 4.78 is 2.24. The number of allylic oxidation sites excluding steroid dienone is 1. The van der Waals surface area contributed by atoms with Gasteiger partial charge in [0.15, 0.2) is 0 Å². The zero-order valence-corrected chi connectivity index (χ0v) is 10.2. The van der Waals surface area contributed by atoms with Crippen LogP contribution < -0.4 is 0 Å². The second-order valence-corrected chi connectivity index (χ2v) is 4.91. The van der Waals surface area contributed by atoms with Crippen molar-refractivity contribution in [1.29, 1.82) is 0 Å². The molecule has 0 fully saturated rings. The van der Waals surface area contributed by atoms with Gasteiger partial charge in [-0.05, 0) is 29.9 Å². The van der Waals surface area contributed by atoms with Crippen LogP contribution in [0, 0.1) is 0 Å². The maximum Gasteiger partial charge on any atom is 0.293 e. The Morgan fingerprint density at radius 3 is 2.88 bits per heavy atom. The van der Waals surface area contributed by atoms with Crippen molar-refractivity contribution in [3.63, 3.8) is 0 Å². The van der Waals surface area contributed by atoms with E-state index >= 15 is 0 Å². The molecule has 1 heterocycles. The minimum Gasteiger partial charge on any atom is -0.450 e. The maximum absolute atomic E-state index is 9.72. The molecule has 1 atom stereocenters. The Balaban J connectivity index is 2.21. The first-order valence-electron chi connectivity index (χ1n) is 6.11. The molecule has 2 aromatic rings. The number of benzene rings is 1. The summed E-state index contributed by atoms with van der Waals surface area (Å²) in [7, 11) is 2.11. The van der Waals surface area contributed by atoms with Gasteiger partial charge in [0.2, 0.25) is 0 Å². The standard InChI is InChI=1S/C14H16BNO/c1-15(17)10-7-8-14-12(9-10)11-5-3-4-6-13(11)16(14)2/h3-8,10,17H,9H2,1-2H3. The monoisotopic (exact) mass is 225 g/mol. The Kier molecular flexibility index (Phi) is 2.37. The number of fused-ring (bicyclic) bond motifs is 3. The van der Waals surface area contributed by atoms with Crippen molar-refractivity contribution < 1.29 is 5.02 Å². The molecule has 0 bridgehead atoms. The van der Waals surface area contributed by atoms with E-state index in [4.69, 9.17) is 0 Å². The van der Waals surface area contributed by atoms with Crippen LogP contribution in [0.2, 0.25) is 12.6 Å². The fourth-order valence-corrected chi connectivity index (χ4v) is 2.77. The molecule has 0 saturated heterocycles. The number of nitrogens with zero attached hydrogens (tertiary/aromatic N) is 1. The molecule has 1 aromatic carbocycles. The average molecular weight is 225 g/mol. The van der Waals surface area contributed by atoms with Crippen LogP contribution in [-0.2, 0) is 13.5 Å². The zero-order chi connectivity index (χ0) is 12.0. The van der Waals surface area contributed by atoms with E-state index in [0.717, 1.165) is 6.42 Å². The smallest absolute Gasteiger partial charge is 0.293 e. The summed E-state index contributed by atoms with van der Waals surface area (Å²) >= 11 is 0. The van der Waals surface area contributed by atoms with Crippen molar-refractivity contribution in [1.82, 2.24) is 4.57 Å². The van der Waals surface area contributed by atoms with Crippen LogP contribution in [0.4, 0.5) is 0 Å². The van der Waals surface area contributed by atoms with Crippen molar-refractivity contribution in [3.05, 3.63) is 41.6 Å². The quantitative estimate of drug-likeness (QED) is 0.741. The van der Waals surface area contributed by atoms with E-state index in [1.165, 1.54) is 22.2 Å². The van der Waals surface area contributed by atoms with Gasteiger partial charge in [0.1, 0.15) is 0 Å². The van der Waals surface area contributed by atoms with Crippen LogP contribution in [-0.4, -0.2) is 16.5 Å². The van der Waals surface area contributed by atoms with Crippen LogP contribution in [0.5, 0.6) is 0 Å². The highest BCUT2D eigenvalue weighted by molar-refractivity contribution is 6.51. The zero-order valence-electron chi connectivity index (χ0n) is 10.2. The highest BCUT2D eigenvalue weighted by atomic mass is 16.2. The molecule has 2 nitrogen and oxygen atoms in total. The van der Waals surface area contributed by atoms with Crippen LogP contribution in [0.25, 0.3) is 17.0 Å². The van der Waals surface area contributed by atoms with Crippen molar-refractivity contribution in [2.24, 2.45) is 7.05 Å². The van der Waals surface area contributed by atoms with Gasteiger partial charge in [-0.2, -0.15) is 0 Å². The molecule has 1 aliphatic rings. The molecule has 0 amide bonds. The number of aryl methyl sites for hydroxylation is 1. The predicted molar refractivity (Wildman–Crippen MR) is 73.2 cm³/mol. The van der Waals surface area contributed by atoms with Gasteiger partial charge in [0.25, 0.3) is 6.92 Å². The van der Waals surface area contributed by atoms with Gasteiger partial charge in [-0.15, -0.1) is 0 Å². The molecule has 17 heavy (non-hydrogen) atoms. The minimum absolute atomic E-state index is 0.244. The molecule has 1 aromatic heterocycles. The van der Waals surface area contributed by atoms with Gasteiger partial charge in [-0.25, -0.2) is 0 Å². The van der Waals surface area contributed by atoms with E-state index in [-0.39, 0.29) is 12.7 Å². The van der Waals surface area contributed by atoms with E-state index in [2.05, 4.69) is 48.0 Å². The van der Waals surface area contributed by atoms with E-state index in [1.807, 2.05) is 6.82 Å². The molecule has 86 valence electrons. The molecule has 0 spiro atoms. The Labute approximate surface area is 102 Å². The molecule has 0 aliphatic heterocycles. The van der Waals surface area contributed by atoms with E-state index in [0.29, 0.717) is 0 Å². The van der Waals surface area contributed by atoms with Crippen molar-refractivity contribution in [2.75, 3.05) is 0 Å². The Morgan fingerprint density at radius 1 is 1.35 bits per heavy atom.